The van der Waals surface area contributed by atoms with E-state index in [0.717, 1.165) is 12.2 Å². The van der Waals surface area contributed by atoms with Gasteiger partial charge in [-0.1, -0.05) is 18.2 Å². The summed E-state index contributed by atoms with van der Waals surface area (Å²) in [5, 5.41) is 11.2. The predicted molar refractivity (Wildman–Crippen MR) is 71.4 cm³/mol. The lowest BCUT2D eigenvalue weighted by Crippen LogP contribution is -2.11. The fourth-order valence-electron chi connectivity index (χ4n) is 1.42. The highest BCUT2D eigenvalue weighted by Crippen LogP contribution is 2.19. The van der Waals surface area contributed by atoms with Gasteiger partial charge in [0.2, 0.25) is 0 Å². The van der Waals surface area contributed by atoms with Gasteiger partial charge in [-0.25, -0.2) is 9.07 Å². The molecule has 1 heterocycles. The summed E-state index contributed by atoms with van der Waals surface area (Å²) in [6, 6.07) is 4.91. The van der Waals surface area contributed by atoms with Crippen molar-refractivity contribution in [3.8, 4) is 5.69 Å². The maximum atomic E-state index is 13.4. The first-order valence-corrected chi connectivity index (χ1v) is 6.36. The van der Waals surface area contributed by atoms with Crippen molar-refractivity contribution < 1.29 is 4.39 Å². The Morgan fingerprint density at radius 3 is 3.06 bits per heavy atom. The van der Waals surface area contributed by atoms with Crippen LogP contribution >= 0.6 is 22.6 Å². The van der Waals surface area contributed by atoms with Crippen LogP contribution in [0.15, 0.2) is 24.4 Å². The topological polar surface area (TPSA) is 42.7 Å². The summed E-state index contributed by atoms with van der Waals surface area (Å²) in [7, 11) is 0. The molecule has 2 aromatic rings. The van der Waals surface area contributed by atoms with Crippen molar-refractivity contribution in [3.05, 3.63) is 39.5 Å². The molecule has 0 amide bonds. The highest BCUT2D eigenvalue weighted by molar-refractivity contribution is 14.1. The zero-order chi connectivity index (χ0) is 12.3. The predicted octanol–water partition coefficient (Wildman–Crippen LogP) is 2.12. The van der Waals surface area contributed by atoms with Crippen molar-refractivity contribution in [1.29, 1.82) is 0 Å². The van der Waals surface area contributed by atoms with Crippen LogP contribution in [0.1, 0.15) is 12.6 Å². The van der Waals surface area contributed by atoms with E-state index in [1.54, 1.807) is 16.9 Å². The quantitative estimate of drug-likeness (QED) is 0.863. The Kier molecular flexibility index (Phi) is 4.06. The van der Waals surface area contributed by atoms with E-state index in [4.69, 9.17) is 0 Å². The van der Waals surface area contributed by atoms with E-state index in [9.17, 15) is 4.39 Å². The molecule has 0 aliphatic rings. The van der Waals surface area contributed by atoms with Gasteiger partial charge in [-0.05, 0) is 41.3 Å². The molecule has 1 aromatic carbocycles. The van der Waals surface area contributed by atoms with Gasteiger partial charge in [0, 0.05) is 6.54 Å². The molecule has 0 fully saturated rings. The molecule has 2 rings (SSSR count). The molecule has 6 heteroatoms. The van der Waals surface area contributed by atoms with Crippen LogP contribution < -0.4 is 5.32 Å². The third kappa shape index (κ3) is 2.81. The number of hydrogen-bond acceptors (Lipinski definition) is 3. The lowest BCUT2D eigenvalue weighted by Gasteiger charge is -2.03. The lowest BCUT2D eigenvalue weighted by molar-refractivity contribution is 0.616. The van der Waals surface area contributed by atoms with Crippen molar-refractivity contribution in [2.45, 2.75) is 13.5 Å². The molecule has 0 saturated carbocycles. The molecule has 0 spiro atoms. The number of nitrogens with one attached hydrogen (secondary N) is 1. The van der Waals surface area contributed by atoms with E-state index < -0.39 is 0 Å². The fourth-order valence-corrected chi connectivity index (χ4v) is 2.03. The molecule has 0 radical (unpaired) electrons. The van der Waals surface area contributed by atoms with Gasteiger partial charge >= 0.3 is 0 Å². The van der Waals surface area contributed by atoms with Crippen molar-refractivity contribution >= 4 is 22.6 Å². The number of benzene rings is 1. The number of rotatable bonds is 4. The third-order valence-corrected chi connectivity index (χ3v) is 3.34. The first kappa shape index (κ1) is 12.4. The zero-order valence-electron chi connectivity index (χ0n) is 9.32. The lowest BCUT2D eigenvalue weighted by atomic mass is 10.3. The maximum absolute atomic E-state index is 13.4. The third-order valence-electron chi connectivity index (χ3n) is 2.27. The van der Waals surface area contributed by atoms with Crippen LogP contribution in [0.3, 0.4) is 0 Å². The number of aromatic nitrogens is 3. The second kappa shape index (κ2) is 5.54. The summed E-state index contributed by atoms with van der Waals surface area (Å²) in [4.78, 5) is 0. The van der Waals surface area contributed by atoms with Gasteiger partial charge in [-0.3, -0.25) is 0 Å². The molecule has 0 atom stereocenters. The number of halogens is 2. The van der Waals surface area contributed by atoms with E-state index in [2.05, 4.69) is 15.6 Å². The molecule has 0 bridgehead atoms. The molecule has 17 heavy (non-hydrogen) atoms. The molecule has 4 nitrogen and oxygen atoms in total. The van der Waals surface area contributed by atoms with Crippen molar-refractivity contribution in [2.24, 2.45) is 0 Å². The smallest absolute Gasteiger partial charge is 0.138 e. The standard InChI is InChI=1S/C11H12FIN4/c1-2-14-6-8-7-17(16-15-8)10-5-3-4-9(12)11(10)13/h3-5,7,14H,2,6H2,1H3. The fraction of sp³-hybridized carbons (Fsp3) is 0.273. The van der Waals surface area contributed by atoms with E-state index in [1.165, 1.54) is 6.07 Å². The zero-order valence-corrected chi connectivity index (χ0v) is 11.5. The van der Waals surface area contributed by atoms with Crippen molar-refractivity contribution in [3.63, 3.8) is 0 Å². The highest BCUT2D eigenvalue weighted by atomic mass is 127. The number of hydrogen-bond donors (Lipinski definition) is 1. The van der Waals surface area contributed by atoms with Crippen LogP contribution in [-0.4, -0.2) is 21.5 Å². The Morgan fingerprint density at radius 1 is 1.47 bits per heavy atom. The Hall–Kier alpha value is -1.02. The van der Waals surface area contributed by atoms with Gasteiger partial charge in [-0.2, -0.15) is 0 Å². The van der Waals surface area contributed by atoms with E-state index in [1.807, 2.05) is 35.6 Å². The van der Waals surface area contributed by atoms with Crippen molar-refractivity contribution in [1.82, 2.24) is 20.3 Å². The molecule has 1 N–H and O–H groups in total. The van der Waals surface area contributed by atoms with Gasteiger partial charge < -0.3 is 5.32 Å². The Labute approximate surface area is 112 Å². The summed E-state index contributed by atoms with van der Waals surface area (Å²) < 4.78 is 15.5. The van der Waals surface area contributed by atoms with Crippen LogP contribution in [0.25, 0.3) is 5.69 Å². The first-order valence-electron chi connectivity index (χ1n) is 5.28. The molecule has 0 saturated heterocycles. The normalized spacial score (nSPS) is 10.8. The van der Waals surface area contributed by atoms with E-state index >= 15 is 0 Å². The first-order chi connectivity index (χ1) is 8.22. The molecule has 0 unspecified atom stereocenters. The summed E-state index contributed by atoms with van der Waals surface area (Å²) in [5.41, 5.74) is 1.55. The van der Waals surface area contributed by atoms with E-state index in [0.29, 0.717) is 15.8 Å². The van der Waals surface area contributed by atoms with Gasteiger partial charge in [0.1, 0.15) is 5.82 Å². The average molecular weight is 346 g/mol. The second-order valence-corrected chi connectivity index (χ2v) is 4.59. The van der Waals surface area contributed by atoms with Gasteiger partial charge in [-0.15, -0.1) is 5.10 Å². The molecule has 0 aliphatic heterocycles. The molecular formula is C11H12FIN4. The maximum Gasteiger partial charge on any atom is 0.138 e. The Bertz CT molecular complexity index is 512. The average Bonchev–Trinajstić information content (AvgIpc) is 2.78. The summed E-state index contributed by atoms with van der Waals surface area (Å²) in [5.74, 6) is -0.244. The number of nitrogens with zero attached hydrogens (tertiary/aromatic N) is 3. The highest BCUT2D eigenvalue weighted by Gasteiger charge is 2.09. The van der Waals surface area contributed by atoms with Crippen LogP contribution in [-0.2, 0) is 6.54 Å². The minimum Gasteiger partial charge on any atom is -0.311 e. The SMILES string of the molecule is CCNCc1cn(-c2cccc(F)c2I)nn1. The molecule has 90 valence electrons. The summed E-state index contributed by atoms with van der Waals surface area (Å²) in [6.07, 6.45) is 1.81. The monoisotopic (exact) mass is 346 g/mol. The summed E-state index contributed by atoms with van der Waals surface area (Å²) >= 11 is 1.97. The van der Waals surface area contributed by atoms with Crippen LogP contribution in [0.5, 0.6) is 0 Å². The molecule has 0 aliphatic carbocycles. The van der Waals surface area contributed by atoms with E-state index in [-0.39, 0.29) is 5.82 Å². The Balaban J connectivity index is 2.27. The molecule has 1 aromatic heterocycles. The van der Waals surface area contributed by atoms with Gasteiger partial charge in [0.05, 0.1) is 21.1 Å². The van der Waals surface area contributed by atoms with Crippen LogP contribution in [0, 0.1) is 9.39 Å². The Morgan fingerprint density at radius 2 is 2.29 bits per heavy atom. The van der Waals surface area contributed by atoms with Gasteiger partial charge in [0.15, 0.2) is 0 Å². The molecular weight excluding hydrogens is 334 g/mol. The minimum atomic E-state index is -0.244. The minimum absolute atomic E-state index is 0.244. The van der Waals surface area contributed by atoms with Crippen molar-refractivity contribution in [2.75, 3.05) is 6.54 Å². The van der Waals surface area contributed by atoms with Gasteiger partial charge in [0.25, 0.3) is 0 Å². The van der Waals surface area contributed by atoms with Crippen LogP contribution in [0.2, 0.25) is 0 Å². The second-order valence-electron chi connectivity index (χ2n) is 3.51. The van der Waals surface area contributed by atoms with Crippen LogP contribution in [0.4, 0.5) is 4.39 Å². The largest absolute Gasteiger partial charge is 0.311 e. The summed E-state index contributed by atoms with van der Waals surface area (Å²) in [6.45, 7) is 3.58.